The molecule has 158 valence electrons. The number of carbonyl (C=O) groups is 2. The molecule has 7 heteroatoms. The Balaban J connectivity index is 1.23. The number of hydrogen-bond acceptors (Lipinski definition) is 5. The van der Waals surface area contributed by atoms with Gasteiger partial charge in [-0.3, -0.25) is 14.5 Å². The molecule has 4 fully saturated rings. The summed E-state index contributed by atoms with van der Waals surface area (Å²) < 4.78 is 0. The number of piperazine rings is 1. The minimum Gasteiger partial charge on any atom is -0.330 e. The molecule has 2 N–H and O–H groups in total. The molecular weight excluding hydrogens is 378 g/mol. The van der Waals surface area contributed by atoms with Crippen molar-refractivity contribution in [3.8, 4) is 6.07 Å². The van der Waals surface area contributed by atoms with Crippen LogP contribution in [-0.4, -0.2) is 69.8 Å². The maximum absolute atomic E-state index is 13.1. The molecule has 1 aliphatic carbocycles. The highest BCUT2D eigenvalue weighted by molar-refractivity contribution is 5.87. The maximum atomic E-state index is 13.1. The number of piperidine rings is 1. The van der Waals surface area contributed by atoms with E-state index in [0.29, 0.717) is 12.5 Å². The number of aryl methyl sites for hydroxylation is 1. The van der Waals surface area contributed by atoms with Gasteiger partial charge < -0.3 is 15.5 Å². The highest BCUT2D eigenvalue weighted by Crippen LogP contribution is 2.48. The van der Waals surface area contributed by atoms with Crippen LogP contribution < -0.4 is 5.73 Å². The van der Waals surface area contributed by atoms with E-state index in [-0.39, 0.29) is 42.0 Å². The van der Waals surface area contributed by atoms with E-state index in [1.54, 1.807) is 4.90 Å². The van der Waals surface area contributed by atoms with Crippen LogP contribution >= 0.6 is 0 Å². The lowest BCUT2D eigenvalue weighted by molar-refractivity contribution is -0.141. The van der Waals surface area contributed by atoms with Gasteiger partial charge in [0.25, 0.3) is 0 Å². The predicted octanol–water partition coefficient (Wildman–Crippen LogP) is 1.18. The molecule has 3 heterocycles. The summed E-state index contributed by atoms with van der Waals surface area (Å²) in [5, 5.41) is 9.36. The summed E-state index contributed by atoms with van der Waals surface area (Å²) in [5.74, 6) is 0.482. The smallest absolute Gasteiger partial charge is 0.242 e. The van der Waals surface area contributed by atoms with Gasteiger partial charge in [0.05, 0.1) is 24.2 Å². The molecule has 3 aliphatic heterocycles. The van der Waals surface area contributed by atoms with Gasteiger partial charge >= 0.3 is 0 Å². The van der Waals surface area contributed by atoms with Crippen molar-refractivity contribution in [3.05, 3.63) is 35.4 Å². The fraction of sp³-hybridized carbons (Fsp3) is 0.609. The summed E-state index contributed by atoms with van der Waals surface area (Å²) >= 11 is 0. The number of rotatable bonds is 5. The zero-order valence-electron chi connectivity index (χ0n) is 17.6. The molecule has 7 nitrogen and oxygen atoms in total. The highest BCUT2D eigenvalue weighted by Gasteiger charge is 2.56. The van der Waals surface area contributed by atoms with E-state index in [9.17, 15) is 14.9 Å². The monoisotopic (exact) mass is 407 g/mol. The summed E-state index contributed by atoms with van der Waals surface area (Å²) in [6.07, 6.45) is 2.57. The molecule has 2 bridgehead atoms. The van der Waals surface area contributed by atoms with Crippen LogP contribution in [0, 0.1) is 24.2 Å². The molecule has 2 amide bonds. The number of nitrogens with zero attached hydrogens (tertiary/aromatic N) is 4. The molecule has 0 radical (unpaired) electrons. The molecule has 1 saturated carbocycles. The van der Waals surface area contributed by atoms with E-state index in [1.165, 1.54) is 5.56 Å². The van der Waals surface area contributed by atoms with Crippen molar-refractivity contribution in [3.63, 3.8) is 0 Å². The van der Waals surface area contributed by atoms with Crippen LogP contribution in [0.15, 0.2) is 24.3 Å². The summed E-state index contributed by atoms with van der Waals surface area (Å²) in [4.78, 5) is 31.9. The molecule has 4 aliphatic rings. The molecule has 1 aromatic carbocycles. The second kappa shape index (κ2) is 7.07. The highest BCUT2D eigenvalue weighted by atomic mass is 16.2. The van der Waals surface area contributed by atoms with Gasteiger partial charge in [0.15, 0.2) is 0 Å². The number of hydrogen-bond donors (Lipinski definition) is 1. The van der Waals surface area contributed by atoms with Crippen molar-refractivity contribution < 1.29 is 9.59 Å². The van der Waals surface area contributed by atoms with Gasteiger partial charge in [-0.15, -0.1) is 0 Å². The molecule has 30 heavy (non-hydrogen) atoms. The first-order chi connectivity index (χ1) is 14.4. The predicted molar refractivity (Wildman–Crippen MR) is 111 cm³/mol. The Morgan fingerprint density at radius 1 is 1.27 bits per heavy atom. The molecule has 0 aromatic heterocycles. The van der Waals surface area contributed by atoms with Crippen molar-refractivity contribution >= 4 is 11.8 Å². The SMILES string of the molecule is Cc1ccc([C@@H](C)N2C(=O)[C@H]3C[C@@H]2CN3C[C@H](N)C(=O)N2[C@H](C#N)CC3C[C@@H]32)cc1. The first kappa shape index (κ1) is 19.5. The Bertz CT molecular complexity index is 909. The summed E-state index contributed by atoms with van der Waals surface area (Å²) in [6.45, 7) is 5.28. The average molecular weight is 408 g/mol. The van der Waals surface area contributed by atoms with Gasteiger partial charge in [0.1, 0.15) is 6.04 Å². The third-order valence-electron chi connectivity index (χ3n) is 7.55. The third kappa shape index (κ3) is 3.01. The Labute approximate surface area is 177 Å². The standard InChI is InChI=1S/C23H29N5O2/c1-13-3-5-15(6-4-13)14(2)27-18-9-21(23(27)30)26(11-18)12-19(25)22(29)28-17(10-24)7-16-8-20(16)28/h3-6,14,16-21H,7-9,11-12,25H2,1-2H3/t14-,16?,17+,18-,19+,20+,21-/m1/s1. The third-order valence-corrected chi connectivity index (χ3v) is 7.55. The summed E-state index contributed by atoms with van der Waals surface area (Å²) in [5.41, 5.74) is 8.64. The molecule has 1 unspecified atom stereocenters. The number of benzene rings is 1. The van der Waals surface area contributed by atoms with Crippen molar-refractivity contribution in [1.82, 2.24) is 14.7 Å². The molecular formula is C23H29N5O2. The summed E-state index contributed by atoms with van der Waals surface area (Å²) in [6, 6.07) is 9.79. The Morgan fingerprint density at radius 2 is 2.00 bits per heavy atom. The Hall–Kier alpha value is -2.43. The van der Waals surface area contributed by atoms with Crippen LogP contribution in [0.2, 0.25) is 0 Å². The minimum absolute atomic E-state index is 0.0401. The zero-order valence-corrected chi connectivity index (χ0v) is 17.6. The van der Waals surface area contributed by atoms with Crippen LogP contribution in [0.5, 0.6) is 0 Å². The van der Waals surface area contributed by atoms with Crippen molar-refractivity contribution in [2.45, 2.75) is 69.4 Å². The van der Waals surface area contributed by atoms with Crippen LogP contribution in [0.25, 0.3) is 0 Å². The van der Waals surface area contributed by atoms with Gasteiger partial charge in [-0.2, -0.15) is 5.26 Å². The number of likely N-dealkylation sites (tertiary alicyclic amines) is 3. The van der Waals surface area contributed by atoms with Crippen molar-refractivity contribution in [2.24, 2.45) is 11.7 Å². The van der Waals surface area contributed by atoms with E-state index in [0.717, 1.165) is 31.4 Å². The van der Waals surface area contributed by atoms with E-state index in [1.807, 2.05) is 4.90 Å². The zero-order chi connectivity index (χ0) is 21.2. The van der Waals surface area contributed by atoms with Gasteiger partial charge in [0.2, 0.25) is 11.8 Å². The largest absolute Gasteiger partial charge is 0.330 e. The average Bonchev–Trinajstić information content (AvgIpc) is 3.07. The van der Waals surface area contributed by atoms with Gasteiger partial charge in [-0.05, 0) is 44.6 Å². The quantitative estimate of drug-likeness (QED) is 0.791. The van der Waals surface area contributed by atoms with Gasteiger partial charge in [-0.1, -0.05) is 29.8 Å². The fourth-order valence-corrected chi connectivity index (χ4v) is 5.82. The van der Waals surface area contributed by atoms with E-state index in [2.05, 4.69) is 49.1 Å². The second-order valence-corrected chi connectivity index (χ2v) is 9.49. The lowest BCUT2D eigenvalue weighted by atomic mass is 10.0. The normalized spacial score (nSPS) is 34.1. The first-order valence-electron chi connectivity index (χ1n) is 11.0. The van der Waals surface area contributed by atoms with Crippen molar-refractivity contribution in [2.75, 3.05) is 13.1 Å². The van der Waals surface area contributed by atoms with E-state index >= 15 is 0 Å². The Morgan fingerprint density at radius 3 is 2.67 bits per heavy atom. The maximum Gasteiger partial charge on any atom is 0.242 e. The topological polar surface area (TPSA) is 93.7 Å². The van der Waals surface area contributed by atoms with Gasteiger partial charge in [0, 0.05) is 25.2 Å². The molecule has 3 saturated heterocycles. The molecule has 0 spiro atoms. The number of nitrogens with two attached hydrogens (primary N) is 1. The second-order valence-electron chi connectivity index (χ2n) is 9.49. The molecule has 5 rings (SSSR count). The lowest BCUT2D eigenvalue weighted by Crippen LogP contribution is -2.57. The van der Waals surface area contributed by atoms with E-state index in [4.69, 9.17) is 5.73 Å². The number of amides is 2. The fourth-order valence-electron chi connectivity index (χ4n) is 5.82. The van der Waals surface area contributed by atoms with Crippen LogP contribution in [-0.2, 0) is 9.59 Å². The summed E-state index contributed by atoms with van der Waals surface area (Å²) in [7, 11) is 0. The Kier molecular flexibility index (Phi) is 4.60. The minimum atomic E-state index is -0.685. The molecule has 1 aromatic rings. The van der Waals surface area contributed by atoms with Crippen LogP contribution in [0.1, 0.15) is 43.4 Å². The number of fused-ring (bicyclic) bond motifs is 3. The first-order valence-corrected chi connectivity index (χ1v) is 11.0. The van der Waals surface area contributed by atoms with Crippen molar-refractivity contribution in [1.29, 1.82) is 5.26 Å². The number of carbonyl (C=O) groups excluding carboxylic acids is 2. The van der Waals surface area contributed by atoms with Crippen LogP contribution in [0.4, 0.5) is 0 Å². The van der Waals surface area contributed by atoms with Gasteiger partial charge in [-0.25, -0.2) is 0 Å². The van der Waals surface area contributed by atoms with E-state index < -0.39 is 6.04 Å². The molecule has 7 atom stereocenters. The van der Waals surface area contributed by atoms with Crippen LogP contribution in [0.3, 0.4) is 0 Å². The number of nitriles is 1. The lowest BCUT2D eigenvalue weighted by Gasteiger charge is -2.38.